The number of carboxylic acids is 2. The van der Waals surface area contributed by atoms with Crippen LogP contribution in [-0.4, -0.2) is 53.7 Å². The summed E-state index contributed by atoms with van der Waals surface area (Å²) in [7, 11) is 3.52. The quantitative estimate of drug-likeness (QED) is 0.247. The first-order chi connectivity index (χ1) is 13.9. The predicted octanol–water partition coefficient (Wildman–Crippen LogP) is 5.29. The third-order valence-corrected chi connectivity index (χ3v) is 5.08. The van der Waals surface area contributed by atoms with Crippen LogP contribution in [0, 0.1) is 0 Å². The van der Waals surface area contributed by atoms with E-state index in [4.69, 9.17) is 15.9 Å². The third kappa shape index (κ3) is 24.8. The van der Waals surface area contributed by atoms with Crippen LogP contribution in [0.25, 0.3) is 0 Å². The molecule has 0 aromatic carbocycles. The van der Waals surface area contributed by atoms with Gasteiger partial charge >= 0.3 is 11.9 Å². The second kappa shape index (κ2) is 23.1. The van der Waals surface area contributed by atoms with Crippen LogP contribution in [0.3, 0.4) is 0 Å². The van der Waals surface area contributed by atoms with Gasteiger partial charge in [-0.1, -0.05) is 84.0 Å². The molecule has 0 aliphatic rings. The highest BCUT2D eigenvalue weighted by Crippen LogP contribution is 2.12. The van der Waals surface area contributed by atoms with Gasteiger partial charge in [-0.2, -0.15) is 0 Å². The number of rotatable bonds is 19. The lowest BCUT2D eigenvalue weighted by atomic mass is 10.0. The van der Waals surface area contributed by atoms with Gasteiger partial charge in [-0.3, -0.25) is 14.5 Å². The van der Waals surface area contributed by atoms with E-state index < -0.39 is 18.0 Å². The van der Waals surface area contributed by atoms with Crippen molar-refractivity contribution < 1.29 is 19.8 Å². The minimum atomic E-state index is -0.775. The summed E-state index contributed by atoms with van der Waals surface area (Å²) in [6.45, 7) is 2.81. The van der Waals surface area contributed by atoms with Crippen molar-refractivity contribution in [2.45, 2.75) is 116 Å². The van der Waals surface area contributed by atoms with Crippen molar-refractivity contribution in [3.63, 3.8) is 0 Å². The summed E-state index contributed by atoms with van der Waals surface area (Å²) < 4.78 is 0. The fraction of sp³-hybridized carbons (Fsp3) is 0.913. The molecule has 0 saturated heterocycles. The number of carboxylic acid groups (broad SMARTS) is 2. The van der Waals surface area contributed by atoms with Gasteiger partial charge < -0.3 is 15.9 Å². The van der Waals surface area contributed by atoms with Crippen molar-refractivity contribution in [3.8, 4) is 0 Å². The molecule has 0 saturated carbocycles. The van der Waals surface area contributed by atoms with Crippen molar-refractivity contribution in [3.05, 3.63) is 0 Å². The lowest BCUT2D eigenvalue weighted by Gasteiger charge is -2.19. The minimum Gasteiger partial charge on any atom is -0.481 e. The summed E-state index contributed by atoms with van der Waals surface area (Å²) in [4.78, 5) is 22.6. The molecule has 0 rings (SSSR count). The molecular weight excluding hydrogens is 368 g/mol. The first-order valence-electron chi connectivity index (χ1n) is 11.7. The van der Waals surface area contributed by atoms with E-state index in [1.165, 1.54) is 70.6 Å². The maximum atomic E-state index is 10.6. The molecule has 174 valence electrons. The molecule has 6 heteroatoms. The van der Waals surface area contributed by atoms with E-state index in [2.05, 4.69) is 6.92 Å². The van der Waals surface area contributed by atoms with Crippen molar-refractivity contribution in [1.82, 2.24) is 4.90 Å². The van der Waals surface area contributed by atoms with Crippen LogP contribution >= 0.6 is 0 Å². The molecule has 4 N–H and O–H groups in total. The highest BCUT2D eigenvalue weighted by atomic mass is 16.4. The third-order valence-electron chi connectivity index (χ3n) is 5.08. The number of hydrogen-bond acceptors (Lipinski definition) is 4. The van der Waals surface area contributed by atoms with E-state index in [-0.39, 0.29) is 0 Å². The molecule has 0 spiro atoms. The fourth-order valence-corrected chi connectivity index (χ4v) is 3.21. The summed E-state index contributed by atoms with van der Waals surface area (Å²) in [5, 5.41) is 17.2. The number of likely N-dealkylation sites (N-methyl/N-ethyl adjacent to an activating group) is 1. The van der Waals surface area contributed by atoms with Crippen LogP contribution in [0.1, 0.15) is 110 Å². The average Bonchev–Trinajstić information content (AvgIpc) is 2.65. The highest BCUT2D eigenvalue weighted by Gasteiger charge is 2.18. The molecule has 6 nitrogen and oxygen atoms in total. The van der Waals surface area contributed by atoms with Gasteiger partial charge in [-0.15, -0.1) is 0 Å². The molecule has 0 bridgehead atoms. The Morgan fingerprint density at radius 2 is 1.17 bits per heavy atom. The smallest absolute Gasteiger partial charge is 0.320 e. The van der Waals surface area contributed by atoms with Gasteiger partial charge in [0.1, 0.15) is 6.04 Å². The largest absolute Gasteiger partial charge is 0.481 e. The number of unbranched alkanes of at least 4 members (excludes halogenated alkanes) is 12. The predicted molar refractivity (Wildman–Crippen MR) is 121 cm³/mol. The Kier molecular flexibility index (Phi) is 24.0. The lowest BCUT2D eigenvalue weighted by Crippen LogP contribution is -2.35. The number of nitrogens with zero attached hydrogens (tertiary/aromatic N) is 1. The Morgan fingerprint density at radius 1 is 0.759 bits per heavy atom. The Hall–Kier alpha value is -1.14. The van der Waals surface area contributed by atoms with Crippen LogP contribution in [-0.2, 0) is 9.59 Å². The summed E-state index contributed by atoms with van der Waals surface area (Å²) in [5.41, 5.74) is 5.27. The van der Waals surface area contributed by atoms with Crippen molar-refractivity contribution >= 4 is 11.9 Å². The van der Waals surface area contributed by atoms with Gasteiger partial charge in [-0.05, 0) is 39.9 Å². The zero-order valence-corrected chi connectivity index (χ0v) is 19.3. The molecule has 0 radical (unpaired) electrons. The van der Waals surface area contributed by atoms with E-state index in [0.717, 1.165) is 19.3 Å². The van der Waals surface area contributed by atoms with Crippen LogP contribution in [0.15, 0.2) is 0 Å². The van der Waals surface area contributed by atoms with Gasteiger partial charge in [0, 0.05) is 6.42 Å². The maximum Gasteiger partial charge on any atom is 0.320 e. The Labute approximate surface area is 179 Å². The monoisotopic (exact) mass is 416 g/mol. The van der Waals surface area contributed by atoms with Gasteiger partial charge in [0.25, 0.3) is 0 Å². The average molecular weight is 417 g/mol. The highest BCUT2D eigenvalue weighted by molar-refractivity contribution is 5.73. The Morgan fingerprint density at radius 3 is 1.48 bits per heavy atom. The minimum absolute atomic E-state index is 0.345. The van der Waals surface area contributed by atoms with Gasteiger partial charge in [0.15, 0.2) is 0 Å². The van der Waals surface area contributed by atoms with E-state index in [0.29, 0.717) is 19.4 Å². The summed E-state index contributed by atoms with van der Waals surface area (Å²) in [6, 6.07) is -0.390. The number of aliphatic carboxylic acids is 2. The molecule has 0 aromatic rings. The van der Waals surface area contributed by atoms with Crippen LogP contribution in [0.2, 0.25) is 0 Å². The first-order valence-corrected chi connectivity index (χ1v) is 11.7. The van der Waals surface area contributed by atoms with E-state index >= 15 is 0 Å². The van der Waals surface area contributed by atoms with E-state index in [9.17, 15) is 9.59 Å². The molecule has 0 fully saturated rings. The molecule has 0 aliphatic heterocycles. The standard InChI is InChI=1S/C16H32O2.C7H16N2O2/c1-2-3-4-5-6-7-8-9-10-11-12-13-14-15-16(17)18;1-9(2)6(7(10)11)4-3-5-8/h2-15H2,1H3,(H,17,18);6H,3-5,8H2,1-2H3,(H,10,11). The molecule has 0 aromatic heterocycles. The Balaban J connectivity index is 0. The molecule has 29 heavy (non-hydrogen) atoms. The topological polar surface area (TPSA) is 104 Å². The van der Waals surface area contributed by atoms with Crippen LogP contribution in [0.4, 0.5) is 0 Å². The van der Waals surface area contributed by atoms with Gasteiger partial charge in [0.2, 0.25) is 0 Å². The van der Waals surface area contributed by atoms with E-state index in [1.54, 1.807) is 19.0 Å². The molecule has 0 heterocycles. The number of nitrogens with two attached hydrogens (primary N) is 1. The van der Waals surface area contributed by atoms with E-state index in [1.807, 2.05) is 0 Å². The van der Waals surface area contributed by atoms with Gasteiger partial charge in [-0.25, -0.2) is 0 Å². The molecule has 1 unspecified atom stereocenters. The van der Waals surface area contributed by atoms with Crippen LogP contribution < -0.4 is 5.73 Å². The molecule has 0 aliphatic carbocycles. The molecule has 0 amide bonds. The van der Waals surface area contributed by atoms with Crippen molar-refractivity contribution in [2.24, 2.45) is 5.73 Å². The maximum absolute atomic E-state index is 10.6. The zero-order chi connectivity index (χ0) is 22.3. The SMILES string of the molecule is CCCCCCCCCCCCCCCC(=O)O.CN(C)C(CCCN)C(=O)O. The lowest BCUT2D eigenvalue weighted by molar-refractivity contribution is -0.142. The van der Waals surface area contributed by atoms with Crippen molar-refractivity contribution in [1.29, 1.82) is 0 Å². The second-order valence-electron chi connectivity index (χ2n) is 8.13. The normalized spacial score (nSPS) is 11.8. The summed E-state index contributed by atoms with van der Waals surface area (Å²) in [6.07, 6.45) is 18.7. The molecule has 1 atom stereocenters. The first kappa shape index (κ1) is 30.1. The number of hydrogen-bond donors (Lipinski definition) is 3. The summed E-state index contributed by atoms with van der Waals surface area (Å²) >= 11 is 0. The number of carbonyl (C=O) groups is 2. The van der Waals surface area contributed by atoms with Crippen LogP contribution in [0.5, 0.6) is 0 Å². The van der Waals surface area contributed by atoms with Gasteiger partial charge in [0.05, 0.1) is 0 Å². The second-order valence-corrected chi connectivity index (χ2v) is 8.13. The zero-order valence-electron chi connectivity index (χ0n) is 19.3. The molecular formula is C23H48N2O4. The van der Waals surface area contributed by atoms with Crippen molar-refractivity contribution in [2.75, 3.05) is 20.6 Å². The fourth-order valence-electron chi connectivity index (χ4n) is 3.21. The Bertz CT molecular complexity index is 376. The summed E-state index contributed by atoms with van der Waals surface area (Å²) in [5.74, 6) is -1.43.